The van der Waals surface area contributed by atoms with Crippen molar-refractivity contribution in [3.8, 4) is 11.4 Å². The molecular formula is C26H28N4O2. The van der Waals surface area contributed by atoms with Gasteiger partial charge in [0.1, 0.15) is 5.82 Å². The van der Waals surface area contributed by atoms with Crippen LogP contribution in [-0.2, 0) is 9.59 Å². The molecule has 6 heteroatoms. The second-order valence-electron chi connectivity index (χ2n) is 10.2. The van der Waals surface area contributed by atoms with Crippen molar-refractivity contribution in [3.63, 3.8) is 0 Å². The van der Waals surface area contributed by atoms with Gasteiger partial charge in [0, 0.05) is 23.9 Å². The lowest BCUT2D eigenvalue weighted by molar-refractivity contribution is -0.140. The van der Waals surface area contributed by atoms with E-state index in [1.54, 1.807) is 0 Å². The van der Waals surface area contributed by atoms with E-state index in [0.717, 1.165) is 70.8 Å². The van der Waals surface area contributed by atoms with E-state index in [9.17, 15) is 9.59 Å². The summed E-state index contributed by atoms with van der Waals surface area (Å²) in [5, 5.41) is 6.01. The summed E-state index contributed by atoms with van der Waals surface area (Å²) in [7, 11) is 0. The van der Waals surface area contributed by atoms with Gasteiger partial charge in [-0.3, -0.25) is 9.59 Å². The molecule has 7 rings (SSSR count). The molecule has 0 saturated heterocycles. The molecule has 4 bridgehead atoms. The van der Waals surface area contributed by atoms with Crippen LogP contribution in [0.1, 0.15) is 45.4 Å². The van der Waals surface area contributed by atoms with E-state index in [4.69, 9.17) is 4.98 Å². The second kappa shape index (κ2) is 7.19. The maximum absolute atomic E-state index is 13.4. The summed E-state index contributed by atoms with van der Waals surface area (Å²) in [4.78, 5) is 32.6. The summed E-state index contributed by atoms with van der Waals surface area (Å²) in [6.07, 6.45) is 7.20. The van der Waals surface area contributed by atoms with E-state index in [-0.39, 0.29) is 17.2 Å². The number of hydrogen-bond donors (Lipinski definition) is 3. The molecule has 2 amide bonds. The smallest absolute Gasteiger partial charge is 0.230 e. The largest absolute Gasteiger partial charge is 0.338 e. The quantitative estimate of drug-likeness (QED) is 0.524. The first-order valence-electron chi connectivity index (χ1n) is 11.6. The number of anilines is 2. The number of fused-ring (bicyclic) bond motifs is 1. The van der Waals surface area contributed by atoms with Crippen LogP contribution in [0.4, 0.5) is 11.4 Å². The van der Waals surface area contributed by atoms with Crippen LogP contribution in [0.15, 0.2) is 42.5 Å². The minimum atomic E-state index is -0.154. The first-order valence-corrected chi connectivity index (χ1v) is 11.6. The van der Waals surface area contributed by atoms with E-state index in [2.05, 4.69) is 15.6 Å². The SMILES string of the molecule is CC(=O)Nc1ccc(-c2nc3ccc(NC(=O)C45CC6CC(CC(C6)C4)C5)cc3[nH]2)cc1. The molecule has 164 valence electrons. The van der Waals surface area contributed by atoms with Gasteiger partial charge < -0.3 is 15.6 Å². The van der Waals surface area contributed by atoms with Crippen LogP contribution in [0.25, 0.3) is 22.4 Å². The highest BCUT2D eigenvalue weighted by Crippen LogP contribution is 2.60. The van der Waals surface area contributed by atoms with Gasteiger partial charge in [-0.05, 0) is 98.7 Å². The number of benzene rings is 2. The van der Waals surface area contributed by atoms with Crippen LogP contribution >= 0.6 is 0 Å². The third kappa shape index (κ3) is 3.38. The Morgan fingerprint density at radius 3 is 2.16 bits per heavy atom. The summed E-state index contributed by atoms with van der Waals surface area (Å²) in [6, 6.07) is 13.5. The van der Waals surface area contributed by atoms with Crippen molar-refractivity contribution in [1.82, 2.24) is 9.97 Å². The Morgan fingerprint density at radius 1 is 0.906 bits per heavy atom. The molecule has 0 unspecified atom stereocenters. The Balaban J connectivity index is 1.22. The molecule has 0 aliphatic heterocycles. The van der Waals surface area contributed by atoms with Gasteiger partial charge in [0.05, 0.1) is 16.4 Å². The zero-order valence-corrected chi connectivity index (χ0v) is 18.3. The molecule has 0 atom stereocenters. The van der Waals surface area contributed by atoms with E-state index in [1.807, 2.05) is 42.5 Å². The highest BCUT2D eigenvalue weighted by atomic mass is 16.2. The van der Waals surface area contributed by atoms with Crippen LogP contribution in [-0.4, -0.2) is 21.8 Å². The fourth-order valence-corrected chi connectivity index (χ4v) is 6.79. The van der Waals surface area contributed by atoms with Gasteiger partial charge in [-0.25, -0.2) is 4.98 Å². The summed E-state index contributed by atoms with van der Waals surface area (Å²) in [6.45, 7) is 1.49. The Hall–Kier alpha value is -3.15. The minimum Gasteiger partial charge on any atom is -0.338 e. The molecule has 3 N–H and O–H groups in total. The average Bonchev–Trinajstić information content (AvgIpc) is 3.16. The van der Waals surface area contributed by atoms with Crippen molar-refractivity contribution in [2.24, 2.45) is 23.2 Å². The van der Waals surface area contributed by atoms with E-state index < -0.39 is 0 Å². The third-order valence-corrected chi connectivity index (χ3v) is 7.74. The zero-order chi connectivity index (χ0) is 21.9. The Bertz CT molecular complexity index is 1180. The van der Waals surface area contributed by atoms with Gasteiger partial charge in [0.25, 0.3) is 0 Å². The Labute approximate surface area is 187 Å². The molecule has 1 heterocycles. The lowest BCUT2D eigenvalue weighted by Crippen LogP contribution is -2.51. The molecule has 4 aliphatic carbocycles. The van der Waals surface area contributed by atoms with Gasteiger partial charge in [-0.2, -0.15) is 0 Å². The number of H-pyrrole nitrogens is 1. The molecule has 4 saturated carbocycles. The van der Waals surface area contributed by atoms with Gasteiger partial charge in [0.2, 0.25) is 11.8 Å². The average molecular weight is 429 g/mol. The number of nitrogens with one attached hydrogen (secondary N) is 3. The van der Waals surface area contributed by atoms with Gasteiger partial charge in [0.15, 0.2) is 0 Å². The standard InChI is InChI=1S/C26H28N4O2/c1-15(31)27-20-4-2-19(3-5-20)24-29-22-7-6-21(11-23(22)30-24)28-25(32)26-12-16-8-17(13-26)10-18(9-16)14-26/h2-7,11,16-18H,8-10,12-14H2,1H3,(H,27,31)(H,28,32)(H,29,30). The lowest BCUT2D eigenvalue weighted by Gasteiger charge is -2.55. The molecule has 4 aliphatic rings. The molecule has 0 radical (unpaired) electrons. The van der Waals surface area contributed by atoms with Crippen molar-refractivity contribution in [3.05, 3.63) is 42.5 Å². The van der Waals surface area contributed by atoms with Crippen molar-refractivity contribution < 1.29 is 9.59 Å². The molecule has 1 aromatic heterocycles. The molecule has 2 aromatic carbocycles. The van der Waals surface area contributed by atoms with E-state index in [0.29, 0.717) is 0 Å². The summed E-state index contributed by atoms with van der Waals surface area (Å²) < 4.78 is 0. The first kappa shape index (κ1) is 19.5. The van der Waals surface area contributed by atoms with Gasteiger partial charge >= 0.3 is 0 Å². The Morgan fingerprint density at radius 2 is 1.53 bits per heavy atom. The fraction of sp³-hybridized carbons (Fsp3) is 0.423. The second-order valence-corrected chi connectivity index (χ2v) is 10.2. The number of imidazole rings is 1. The summed E-state index contributed by atoms with van der Waals surface area (Å²) in [5.41, 5.74) is 4.13. The summed E-state index contributed by atoms with van der Waals surface area (Å²) >= 11 is 0. The van der Waals surface area contributed by atoms with Gasteiger partial charge in [-0.1, -0.05) is 0 Å². The van der Waals surface area contributed by atoms with Crippen molar-refractivity contribution >= 4 is 34.2 Å². The van der Waals surface area contributed by atoms with Crippen LogP contribution in [0, 0.1) is 23.2 Å². The monoisotopic (exact) mass is 428 g/mol. The number of hydrogen-bond acceptors (Lipinski definition) is 3. The molecule has 3 aromatic rings. The van der Waals surface area contributed by atoms with Crippen LogP contribution in [0.3, 0.4) is 0 Å². The maximum Gasteiger partial charge on any atom is 0.230 e. The number of carbonyl (C=O) groups is 2. The van der Waals surface area contributed by atoms with Crippen LogP contribution in [0.5, 0.6) is 0 Å². The van der Waals surface area contributed by atoms with Crippen LogP contribution in [0.2, 0.25) is 0 Å². The number of carbonyl (C=O) groups excluding carboxylic acids is 2. The van der Waals surface area contributed by atoms with E-state index >= 15 is 0 Å². The topological polar surface area (TPSA) is 86.9 Å². The van der Waals surface area contributed by atoms with Crippen molar-refractivity contribution in [2.75, 3.05) is 10.6 Å². The Kier molecular flexibility index (Phi) is 4.39. The third-order valence-electron chi connectivity index (χ3n) is 7.74. The number of aromatic amines is 1. The predicted molar refractivity (Wildman–Crippen MR) is 125 cm³/mol. The maximum atomic E-state index is 13.4. The molecular weight excluding hydrogens is 400 g/mol. The van der Waals surface area contributed by atoms with E-state index in [1.165, 1.54) is 26.2 Å². The highest BCUT2D eigenvalue weighted by molar-refractivity contribution is 5.97. The summed E-state index contributed by atoms with van der Waals surface area (Å²) in [5.74, 6) is 3.14. The van der Waals surface area contributed by atoms with Crippen molar-refractivity contribution in [2.45, 2.75) is 45.4 Å². The number of amides is 2. The molecule has 4 fully saturated rings. The number of nitrogens with zero attached hydrogens (tertiary/aromatic N) is 1. The first-order chi connectivity index (χ1) is 15.5. The van der Waals surface area contributed by atoms with Crippen LogP contribution < -0.4 is 10.6 Å². The highest BCUT2D eigenvalue weighted by Gasteiger charge is 2.54. The minimum absolute atomic E-state index is 0.0930. The van der Waals surface area contributed by atoms with Crippen molar-refractivity contribution in [1.29, 1.82) is 0 Å². The lowest BCUT2D eigenvalue weighted by atomic mass is 9.49. The molecule has 6 nitrogen and oxygen atoms in total. The molecule has 32 heavy (non-hydrogen) atoms. The predicted octanol–water partition coefficient (Wildman–Crippen LogP) is 5.34. The normalized spacial score (nSPS) is 28.1. The number of aromatic nitrogens is 2. The zero-order valence-electron chi connectivity index (χ0n) is 18.3. The van der Waals surface area contributed by atoms with Gasteiger partial charge in [-0.15, -0.1) is 0 Å². The molecule has 0 spiro atoms. The number of rotatable bonds is 4. The fourth-order valence-electron chi connectivity index (χ4n) is 6.79.